The number of amides is 1. The Kier molecular flexibility index (Phi) is 5.30. The van der Waals surface area contributed by atoms with Crippen molar-refractivity contribution in [2.75, 3.05) is 6.61 Å². The molecule has 1 aliphatic heterocycles. The Hall–Kier alpha value is -2.14. The van der Waals surface area contributed by atoms with E-state index in [0.29, 0.717) is 17.6 Å². The Morgan fingerprint density at radius 3 is 2.88 bits per heavy atom. The van der Waals surface area contributed by atoms with E-state index >= 15 is 0 Å². The van der Waals surface area contributed by atoms with Crippen LogP contribution in [0.4, 0.5) is 0 Å². The van der Waals surface area contributed by atoms with Crippen LogP contribution in [0.5, 0.6) is 0 Å². The molecular weight excluding hydrogens is 304 g/mol. The summed E-state index contributed by atoms with van der Waals surface area (Å²) in [6, 6.07) is 7.93. The van der Waals surface area contributed by atoms with Crippen molar-refractivity contribution in [1.29, 1.82) is 0 Å². The molecule has 3 rings (SSSR count). The van der Waals surface area contributed by atoms with Gasteiger partial charge in [-0.2, -0.15) is 0 Å². The van der Waals surface area contributed by atoms with E-state index in [0.717, 1.165) is 43.4 Å². The van der Waals surface area contributed by atoms with Crippen LogP contribution in [-0.4, -0.2) is 29.6 Å². The van der Waals surface area contributed by atoms with Crippen LogP contribution in [0.25, 0.3) is 11.3 Å². The maximum Gasteiger partial charge on any atom is 0.274 e. The number of oxazole rings is 1. The minimum Gasteiger partial charge on any atom is -0.443 e. The van der Waals surface area contributed by atoms with Gasteiger partial charge in [0, 0.05) is 18.2 Å². The number of carbonyl (C=O) groups excluding carboxylic acids is 1. The summed E-state index contributed by atoms with van der Waals surface area (Å²) in [5.74, 6) is 0.318. The van der Waals surface area contributed by atoms with Crippen LogP contribution in [0, 0.1) is 6.92 Å². The molecule has 2 atom stereocenters. The normalized spacial score (nSPS) is 18.5. The van der Waals surface area contributed by atoms with E-state index in [2.05, 4.69) is 10.3 Å². The van der Waals surface area contributed by atoms with Crippen LogP contribution in [0.2, 0.25) is 0 Å². The SMILES string of the molecule is Cc1ccc(-c2ocnc2C(=O)NC(C)CCC2CCCO2)cc1. The fraction of sp³-hybridized carbons (Fsp3) is 0.474. The van der Waals surface area contributed by atoms with E-state index in [4.69, 9.17) is 9.15 Å². The van der Waals surface area contributed by atoms with Crippen LogP contribution in [0.3, 0.4) is 0 Å². The lowest BCUT2D eigenvalue weighted by molar-refractivity contribution is 0.0896. The number of hydrogen-bond donors (Lipinski definition) is 1. The maximum atomic E-state index is 12.5. The lowest BCUT2D eigenvalue weighted by Gasteiger charge is -2.16. The number of aryl methyl sites for hydroxylation is 1. The minimum absolute atomic E-state index is 0.0734. The highest BCUT2D eigenvalue weighted by atomic mass is 16.5. The molecule has 128 valence electrons. The Bertz CT molecular complexity index is 672. The number of carbonyl (C=O) groups is 1. The molecule has 5 nitrogen and oxygen atoms in total. The number of benzene rings is 1. The summed E-state index contributed by atoms with van der Waals surface area (Å²) in [5.41, 5.74) is 2.35. The molecule has 0 bridgehead atoms. The molecular formula is C19H24N2O3. The summed E-state index contributed by atoms with van der Waals surface area (Å²) in [6.07, 6.45) is 5.81. The summed E-state index contributed by atoms with van der Waals surface area (Å²) in [4.78, 5) is 16.6. The number of hydrogen-bond acceptors (Lipinski definition) is 4. The number of ether oxygens (including phenoxy) is 1. The van der Waals surface area contributed by atoms with Crippen molar-refractivity contribution in [3.05, 3.63) is 41.9 Å². The van der Waals surface area contributed by atoms with Gasteiger partial charge in [-0.3, -0.25) is 4.79 Å². The van der Waals surface area contributed by atoms with Crippen LogP contribution < -0.4 is 5.32 Å². The number of nitrogens with one attached hydrogen (secondary N) is 1. The van der Waals surface area contributed by atoms with E-state index in [9.17, 15) is 4.79 Å². The summed E-state index contributed by atoms with van der Waals surface area (Å²) in [5, 5.41) is 3.01. The van der Waals surface area contributed by atoms with Crippen LogP contribution in [-0.2, 0) is 4.74 Å². The first-order valence-electron chi connectivity index (χ1n) is 8.56. The molecule has 1 aromatic heterocycles. The van der Waals surface area contributed by atoms with Gasteiger partial charge in [0.15, 0.2) is 17.8 Å². The van der Waals surface area contributed by atoms with Gasteiger partial charge < -0.3 is 14.5 Å². The molecule has 24 heavy (non-hydrogen) atoms. The second-order valence-corrected chi connectivity index (χ2v) is 6.48. The largest absolute Gasteiger partial charge is 0.443 e. The molecule has 1 aliphatic rings. The van der Waals surface area contributed by atoms with Gasteiger partial charge in [0.25, 0.3) is 5.91 Å². The summed E-state index contributed by atoms with van der Waals surface area (Å²) < 4.78 is 11.1. The predicted molar refractivity (Wildman–Crippen MR) is 91.8 cm³/mol. The highest BCUT2D eigenvalue weighted by Crippen LogP contribution is 2.24. The van der Waals surface area contributed by atoms with Gasteiger partial charge in [-0.25, -0.2) is 4.98 Å². The minimum atomic E-state index is -0.195. The van der Waals surface area contributed by atoms with Crippen molar-refractivity contribution in [3.8, 4) is 11.3 Å². The zero-order valence-corrected chi connectivity index (χ0v) is 14.2. The van der Waals surface area contributed by atoms with Gasteiger partial charge in [0.2, 0.25) is 0 Å². The lowest BCUT2D eigenvalue weighted by Crippen LogP contribution is -2.33. The molecule has 2 heterocycles. The van der Waals surface area contributed by atoms with Crippen LogP contribution >= 0.6 is 0 Å². The molecule has 2 aromatic rings. The van der Waals surface area contributed by atoms with E-state index < -0.39 is 0 Å². The molecule has 1 saturated heterocycles. The molecule has 1 aromatic carbocycles. The summed E-state index contributed by atoms with van der Waals surface area (Å²) in [6.45, 7) is 4.90. The molecule has 2 unspecified atom stereocenters. The molecule has 0 saturated carbocycles. The second kappa shape index (κ2) is 7.62. The van der Waals surface area contributed by atoms with Gasteiger partial charge in [-0.15, -0.1) is 0 Å². The number of rotatable bonds is 6. The topological polar surface area (TPSA) is 64.4 Å². The standard InChI is InChI=1S/C19H24N2O3/c1-13-5-8-15(9-6-13)18-17(20-12-24-18)19(22)21-14(2)7-10-16-4-3-11-23-16/h5-6,8-9,12,14,16H,3-4,7,10-11H2,1-2H3,(H,21,22). The van der Waals surface area contributed by atoms with E-state index in [1.165, 1.54) is 6.39 Å². The first-order valence-corrected chi connectivity index (χ1v) is 8.56. The van der Waals surface area contributed by atoms with Crippen molar-refractivity contribution in [1.82, 2.24) is 10.3 Å². The first-order chi connectivity index (χ1) is 11.6. The Morgan fingerprint density at radius 2 is 2.17 bits per heavy atom. The average molecular weight is 328 g/mol. The highest BCUT2D eigenvalue weighted by Gasteiger charge is 2.21. The van der Waals surface area contributed by atoms with Crippen molar-refractivity contribution in [2.45, 2.75) is 51.7 Å². The lowest BCUT2D eigenvalue weighted by atomic mass is 10.1. The molecule has 1 amide bonds. The van der Waals surface area contributed by atoms with Gasteiger partial charge in [0.1, 0.15) is 0 Å². The summed E-state index contributed by atoms with van der Waals surface area (Å²) >= 11 is 0. The molecule has 5 heteroatoms. The third-order valence-electron chi connectivity index (χ3n) is 4.42. The highest BCUT2D eigenvalue weighted by molar-refractivity contribution is 5.97. The summed E-state index contributed by atoms with van der Waals surface area (Å²) in [7, 11) is 0. The molecule has 1 N–H and O–H groups in total. The number of aromatic nitrogens is 1. The van der Waals surface area contributed by atoms with Gasteiger partial charge in [-0.1, -0.05) is 29.8 Å². The Morgan fingerprint density at radius 1 is 1.38 bits per heavy atom. The third kappa shape index (κ3) is 4.03. The molecule has 0 spiro atoms. The maximum absolute atomic E-state index is 12.5. The zero-order valence-electron chi connectivity index (χ0n) is 14.2. The average Bonchev–Trinajstić information content (AvgIpc) is 3.25. The van der Waals surface area contributed by atoms with Gasteiger partial charge in [-0.05, 0) is 39.5 Å². The van der Waals surface area contributed by atoms with Gasteiger partial charge in [0.05, 0.1) is 6.10 Å². The van der Waals surface area contributed by atoms with Crippen molar-refractivity contribution < 1.29 is 13.9 Å². The fourth-order valence-corrected chi connectivity index (χ4v) is 2.99. The second-order valence-electron chi connectivity index (χ2n) is 6.48. The predicted octanol–water partition coefficient (Wildman–Crippen LogP) is 3.73. The quantitative estimate of drug-likeness (QED) is 0.877. The molecule has 0 aliphatic carbocycles. The first kappa shape index (κ1) is 16.7. The van der Waals surface area contributed by atoms with E-state index in [-0.39, 0.29) is 11.9 Å². The third-order valence-corrected chi connectivity index (χ3v) is 4.42. The van der Waals surface area contributed by atoms with Crippen molar-refractivity contribution in [3.63, 3.8) is 0 Å². The molecule has 1 fully saturated rings. The van der Waals surface area contributed by atoms with E-state index in [1.807, 2.05) is 38.1 Å². The number of nitrogens with zero attached hydrogens (tertiary/aromatic N) is 1. The van der Waals surface area contributed by atoms with Crippen molar-refractivity contribution >= 4 is 5.91 Å². The Balaban J connectivity index is 1.60. The zero-order chi connectivity index (χ0) is 16.9. The van der Waals surface area contributed by atoms with Crippen LogP contribution in [0.15, 0.2) is 35.1 Å². The van der Waals surface area contributed by atoms with Crippen molar-refractivity contribution in [2.24, 2.45) is 0 Å². The Labute approximate surface area is 142 Å². The smallest absolute Gasteiger partial charge is 0.274 e. The van der Waals surface area contributed by atoms with E-state index in [1.54, 1.807) is 0 Å². The monoisotopic (exact) mass is 328 g/mol. The van der Waals surface area contributed by atoms with Crippen LogP contribution in [0.1, 0.15) is 48.7 Å². The molecule has 0 radical (unpaired) electrons. The fourth-order valence-electron chi connectivity index (χ4n) is 2.99. The van der Waals surface area contributed by atoms with Gasteiger partial charge >= 0.3 is 0 Å².